The first kappa shape index (κ1) is 15.4. The first-order valence-corrected chi connectivity index (χ1v) is 7.68. The maximum Gasteiger partial charge on any atom is 0.437 e. The highest BCUT2D eigenvalue weighted by Gasteiger charge is 2.15. The van der Waals surface area contributed by atoms with Crippen LogP contribution in [0.4, 0.5) is 4.39 Å². The summed E-state index contributed by atoms with van der Waals surface area (Å²) in [6.45, 7) is -0.281. The molecule has 1 aromatic carbocycles. The molecule has 2 aromatic heterocycles. The zero-order chi connectivity index (χ0) is 16.2. The third-order valence-electron chi connectivity index (χ3n) is 2.99. The molecule has 0 saturated heterocycles. The Morgan fingerprint density at radius 2 is 2.17 bits per heavy atom. The smallest absolute Gasteiger partial charge is 0.437 e. The molecular formula is C15H13FN2O4S. The van der Waals surface area contributed by atoms with E-state index in [9.17, 15) is 14.3 Å². The Balaban J connectivity index is 1.63. The van der Waals surface area contributed by atoms with Crippen molar-refractivity contribution in [2.45, 2.75) is 12.6 Å². The average Bonchev–Trinajstić information content (AvgIpc) is 3.17. The van der Waals surface area contributed by atoms with E-state index >= 15 is 0 Å². The number of hydrogen-bond donors (Lipinski definition) is 1. The lowest BCUT2D eigenvalue weighted by Gasteiger charge is -2.11. The molecule has 3 aromatic rings. The molecule has 0 unspecified atom stereocenters. The lowest BCUT2D eigenvalue weighted by molar-refractivity contribution is 0.0856. The normalized spacial score (nSPS) is 12.3. The summed E-state index contributed by atoms with van der Waals surface area (Å²) in [6.07, 6.45) is -1.03. The molecule has 3 rings (SSSR count). The van der Waals surface area contributed by atoms with Gasteiger partial charge in [0.1, 0.15) is 12.7 Å². The van der Waals surface area contributed by atoms with Gasteiger partial charge in [-0.25, -0.2) is 9.18 Å². The average molecular weight is 336 g/mol. The van der Waals surface area contributed by atoms with Gasteiger partial charge in [0.15, 0.2) is 11.6 Å². The van der Waals surface area contributed by atoms with Crippen LogP contribution in [0.1, 0.15) is 0 Å². The molecule has 0 bridgehead atoms. The van der Waals surface area contributed by atoms with Crippen molar-refractivity contribution in [2.24, 2.45) is 0 Å². The molecular weight excluding hydrogens is 323 g/mol. The highest BCUT2D eigenvalue weighted by atomic mass is 32.1. The van der Waals surface area contributed by atoms with E-state index in [0.29, 0.717) is 0 Å². The number of rotatable bonds is 6. The Morgan fingerprint density at radius 1 is 1.35 bits per heavy atom. The van der Waals surface area contributed by atoms with Gasteiger partial charge in [-0.1, -0.05) is 18.2 Å². The van der Waals surface area contributed by atoms with Crippen molar-refractivity contribution in [1.82, 2.24) is 9.78 Å². The van der Waals surface area contributed by atoms with Crippen molar-refractivity contribution >= 4 is 11.3 Å². The Labute approximate surface area is 134 Å². The molecule has 6 nitrogen and oxygen atoms in total. The summed E-state index contributed by atoms with van der Waals surface area (Å²) in [4.78, 5) is 12.4. The molecule has 0 radical (unpaired) electrons. The molecule has 0 aliphatic heterocycles. The van der Waals surface area contributed by atoms with Crippen molar-refractivity contribution in [3.05, 3.63) is 58.1 Å². The fourth-order valence-corrected chi connectivity index (χ4v) is 2.57. The SMILES string of the molecule is O=c1oc(-c2cccs2)nn1C[C@H](O)COc1ccccc1F. The minimum absolute atomic E-state index is 0.0401. The second kappa shape index (κ2) is 6.76. The molecule has 1 atom stereocenters. The second-order valence-corrected chi connectivity index (χ2v) is 5.68. The van der Waals surface area contributed by atoms with Gasteiger partial charge >= 0.3 is 5.76 Å². The zero-order valence-electron chi connectivity index (χ0n) is 11.9. The van der Waals surface area contributed by atoms with E-state index in [0.717, 1.165) is 9.56 Å². The summed E-state index contributed by atoms with van der Waals surface area (Å²) in [5.41, 5.74) is 0. The molecule has 23 heavy (non-hydrogen) atoms. The zero-order valence-corrected chi connectivity index (χ0v) is 12.7. The summed E-state index contributed by atoms with van der Waals surface area (Å²) in [5, 5.41) is 15.8. The van der Waals surface area contributed by atoms with Crippen LogP contribution in [-0.2, 0) is 6.54 Å². The number of aliphatic hydroxyl groups is 1. The summed E-state index contributed by atoms with van der Waals surface area (Å²) >= 11 is 1.39. The Morgan fingerprint density at radius 3 is 2.91 bits per heavy atom. The number of benzene rings is 1. The molecule has 0 spiro atoms. The van der Waals surface area contributed by atoms with Crippen LogP contribution in [0.5, 0.6) is 5.75 Å². The van der Waals surface area contributed by atoms with E-state index in [1.54, 1.807) is 18.2 Å². The quantitative estimate of drug-likeness (QED) is 0.746. The predicted molar refractivity (Wildman–Crippen MR) is 82.0 cm³/mol. The third kappa shape index (κ3) is 3.66. The lowest BCUT2D eigenvalue weighted by atomic mass is 10.3. The standard InChI is InChI=1S/C15H13FN2O4S/c16-11-4-1-2-5-12(11)21-9-10(19)8-18-15(20)22-14(17-18)13-6-3-7-23-13/h1-7,10,19H,8-9H2/t10-/m0/s1. The molecule has 1 N–H and O–H groups in total. The highest BCUT2D eigenvalue weighted by molar-refractivity contribution is 7.13. The Bertz CT molecular complexity index is 828. The van der Waals surface area contributed by atoms with Crippen LogP contribution in [0.2, 0.25) is 0 Å². The van der Waals surface area contributed by atoms with Crippen LogP contribution in [0.15, 0.2) is 51.0 Å². The molecule has 8 heteroatoms. The number of hydrogen-bond acceptors (Lipinski definition) is 6. The van der Waals surface area contributed by atoms with Crippen molar-refractivity contribution in [2.75, 3.05) is 6.61 Å². The van der Waals surface area contributed by atoms with Crippen LogP contribution in [0.25, 0.3) is 10.8 Å². The summed E-state index contributed by atoms with van der Waals surface area (Å²) in [6, 6.07) is 9.48. The largest absolute Gasteiger partial charge is 0.488 e. The summed E-state index contributed by atoms with van der Waals surface area (Å²) in [7, 11) is 0. The van der Waals surface area contributed by atoms with Gasteiger partial charge in [0.05, 0.1) is 11.4 Å². The minimum Gasteiger partial charge on any atom is -0.488 e. The van der Waals surface area contributed by atoms with Crippen molar-refractivity contribution in [1.29, 1.82) is 0 Å². The van der Waals surface area contributed by atoms with Crippen molar-refractivity contribution in [3.8, 4) is 16.5 Å². The van der Waals surface area contributed by atoms with E-state index in [1.807, 2.05) is 11.4 Å². The lowest BCUT2D eigenvalue weighted by Crippen LogP contribution is -2.29. The molecule has 0 saturated carbocycles. The fraction of sp³-hybridized carbons (Fsp3) is 0.200. The van der Waals surface area contributed by atoms with Crippen LogP contribution in [-0.4, -0.2) is 27.6 Å². The Hall–Kier alpha value is -2.45. The molecule has 0 aliphatic carbocycles. The summed E-state index contributed by atoms with van der Waals surface area (Å²) in [5.74, 6) is -0.942. The van der Waals surface area contributed by atoms with Crippen LogP contribution >= 0.6 is 11.3 Å². The minimum atomic E-state index is -1.03. The van der Waals surface area contributed by atoms with Gasteiger partial charge < -0.3 is 14.3 Å². The first-order chi connectivity index (χ1) is 11.1. The van der Waals surface area contributed by atoms with E-state index in [-0.39, 0.29) is 24.8 Å². The topological polar surface area (TPSA) is 77.5 Å². The van der Waals surface area contributed by atoms with Gasteiger partial charge in [0.25, 0.3) is 5.89 Å². The van der Waals surface area contributed by atoms with Gasteiger partial charge in [0.2, 0.25) is 0 Å². The first-order valence-electron chi connectivity index (χ1n) is 6.80. The van der Waals surface area contributed by atoms with Gasteiger partial charge in [-0.2, -0.15) is 4.68 Å². The van der Waals surface area contributed by atoms with Gasteiger partial charge in [-0.15, -0.1) is 16.4 Å². The van der Waals surface area contributed by atoms with Gasteiger partial charge in [-0.05, 0) is 23.6 Å². The highest BCUT2D eigenvalue weighted by Crippen LogP contribution is 2.21. The number of para-hydroxylation sites is 1. The van der Waals surface area contributed by atoms with Gasteiger partial charge in [-0.3, -0.25) is 0 Å². The van der Waals surface area contributed by atoms with Crippen LogP contribution < -0.4 is 10.5 Å². The fourth-order valence-electron chi connectivity index (χ4n) is 1.92. The summed E-state index contributed by atoms with van der Waals surface area (Å²) < 4.78 is 24.7. The van der Waals surface area contributed by atoms with Gasteiger partial charge in [0, 0.05) is 0 Å². The Kier molecular flexibility index (Phi) is 4.54. The number of ether oxygens (including phenoxy) is 1. The van der Waals surface area contributed by atoms with Crippen molar-refractivity contribution < 1.29 is 18.7 Å². The number of aliphatic hydroxyl groups excluding tert-OH is 1. The predicted octanol–water partition coefficient (Wildman–Crippen LogP) is 2.14. The number of aromatic nitrogens is 2. The molecule has 0 aliphatic rings. The molecule has 0 fully saturated rings. The molecule has 0 amide bonds. The van der Waals surface area contributed by atoms with E-state index in [1.165, 1.54) is 23.5 Å². The van der Waals surface area contributed by atoms with Crippen LogP contribution in [0, 0.1) is 5.82 Å². The molecule has 2 heterocycles. The number of halogens is 1. The van der Waals surface area contributed by atoms with Crippen LogP contribution in [0.3, 0.4) is 0 Å². The molecule has 120 valence electrons. The second-order valence-electron chi connectivity index (χ2n) is 4.73. The van der Waals surface area contributed by atoms with E-state index < -0.39 is 17.7 Å². The van der Waals surface area contributed by atoms with Crippen molar-refractivity contribution in [3.63, 3.8) is 0 Å². The van der Waals surface area contributed by atoms with E-state index in [4.69, 9.17) is 9.15 Å². The monoisotopic (exact) mass is 336 g/mol. The maximum atomic E-state index is 13.4. The third-order valence-corrected chi connectivity index (χ3v) is 3.85. The van der Waals surface area contributed by atoms with E-state index in [2.05, 4.69) is 5.10 Å². The maximum absolute atomic E-state index is 13.4. The number of thiophene rings is 1. The number of nitrogens with zero attached hydrogens (tertiary/aromatic N) is 2.